The molecule has 1 atom stereocenters. The number of thiazole rings is 1. The number of aryl methyl sites for hydroxylation is 2. The van der Waals surface area contributed by atoms with E-state index in [1.807, 2.05) is 18.3 Å². The largest absolute Gasteiger partial charge is 0.497 e. The lowest BCUT2D eigenvalue weighted by Crippen LogP contribution is -2.52. The van der Waals surface area contributed by atoms with E-state index in [1.165, 1.54) is 5.56 Å². The summed E-state index contributed by atoms with van der Waals surface area (Å²) < 4.78 is 5.41. The first kappa shape index (κ1) is 27.3. The van der Waals surface area contributed by atoms with Gasteiger partial charge in [-0.2, -0.15) is 0 Å². The number of piperazine rings is 1. The molecule has 5 rings (SSSR count). The Kier molecular flexibility index (Phi) is 9.41. The van der Waals surface area contributed by atoms with Crippen LogP contribution in [-0.2, 0) is 12.8 Å². The van der Waals surface area contributed by atoms with Gasteiger partial charge in [-0.25, -0.2) is 4.98 Å². The van der Waals surface area contributed by atoms with Crippen molar-refractivity contribution in [1.29, 1.82) is 0 Å². The van der Waals surface area contributed by atoms with Gasteiger partial charge >= 0.3 is 0 Å². The molecule has 1 unspecified atom stereocenters. The molecule has 1 saturated heterocycles. The zero-order chi connectivity index (χ0) is 22.8. The van der Waals surface area contributed by atoms with E-state index in [1.54, 1.807) is 18.4 Å². The number of fused-ring (bicyclic) bond motifs is 2. The Morgan fingerprint density at radius 2 is 2.03 bits per heavy atom. The van der Waals surface area contributed by atoms with E-state index in [2.05, 4.69) is 59.6 Å². The molecule has 0 aliphatic carbocycles. The van der Waals surface area contributed by atoms with Gasteiger partial charge in [0.2, 0.25) is 0 Å². The van der Waals surface area contributed by atoms with Gasteiger partial charge in [0, 0.05) is 43.3 Å². The summed E-state index contributed by atoms with van der Waals surface area (Å²) in [5.41, 5.74) is 3.53. The number of pyridine rings is 1. The first-order valence-electron chi connectivity index (χ1n) is 11.7. The fraction of sp³-hybridized carbons (Fsp3) is 0.385. The zero-order valence-electron chi connectivity index (χ0n) is 20.4. The lowest BCUT2D eigenvalue weighted by atomic mass is 10.0. The number of halogens is 2. The number of aromatic nitrogens is 2. The molecule has 35 heavy (non-hydrogen) atoms. The van der Waals surface area contributed by atoms with Gasteiger partial charge in [-0.3, -0.25) is 9.88 Å². The number of methoxy groups -OCH3 is 1. The molecule has 3 aromatic rings. The van der Waals surface area contributed by atoms with Crippen LogP contribution in [-0.4, -0.2) is 59.6 Å². The standard InChI is InChI=1S/C26H31N5OS.2ClH/c1-4-22-29-24-25(23-19(8-6-12-27-23)16-28-26(24)33-22)31-14-13-30(2)20(17-31)11-10-18-7-5-9-21(15-18)32-3;;/h5-9,12,15-16,20,28H,4,10-11,13-14,17H2,1-3H3;2*1H. The molecule has 4 heterocycles. The average Bonchev–Trinajstić information content (AvgIpc) is 3.20. The summed E-state index contributed by atoms with van der Waals surface area (Å²) in [5.74, 6) is 0.925. The van der Waals surface area contributed by atoms with E-state index in [-0.39, 0.29) is 24.8 Å². The number of rotatable bonds is 6. The summed E-state index contributed by atoms with van der Waals surface area (Å²) in [6.07, 6.45) is 7.02. The Bertz CT molecular complexity index is 1260. The van der Waals surface area contributed by atoms with Crippen LogP contribution in [0.1, 0.15) is 29.6 Å². The Morgan fingerprint density at radius 3 is 2.83 bits per heavy atom. The third-order valence-corrected chi connectivity index (χ3v) is 7.74. The molecule has 1 aromatic carbocycles. The topological polar surface area (TPSA) is 53.5 Å². The van der Waals surface area contributed by atoms with Crippen LogP contribution in [0.5, 0.6) is 5.75 Å². The molecule has 2 aromatic heterocycles. The molecule has 0 spiro atoms. The molecular weight excluding hydrogens is 501 g/mol. The van der Waals surface area contributed by atoms with Crippen molar-refractivity contribution >= 4 is 53.0 Å². The van der Waals surface area contributed by atoms with E-state index < -0.39 is 0 Å². The monoisotopic (exact) mass is 533 g/mol. The van der Waals surface area contributed by atoms with E-state index >= 15 is 0 Å². The second kappa shape index (κ2) is 12.1. The van der Waals surface area contributed by atoms with E-state index in [0.29, 0.717) is 6.04 Å². The third kappa shape index (κ3) is 5.75. The fourth-order valence-corrected chi connectivity index (χ4v) is 5.56. The summed E-state index contributed by atoms with van der Waals surface area (Å²) in [5, 5.41) is 7.91. The van der Waals surface area contributed by atoms with Crippen LogP contribution < -0.4 is 20.6 Å². The maximum absolute atomic E-state index is 5.41. The molecule has 0 amide bonds. The predicted molar refractivity (Wildman–Crippen MR) is 149 cm³/mol. The minimum Gasteiger partial charge on any atom is -0.497 e. The number of nitrogens with zero attached hydrogens (tertiary/aromatic N) is 4. The number of ether oxygens (including phenoxy) is 1. The van der Waals surface area contributed by atoms with Gasteiger partial charge in [0.05, 0.1) is 23.2 Å². The summed E-state index contributed by atoms with van der Waals surface area (Å²) in [4.78, 5) is 14.9. The Hall–Kier alpha value is -2.32. The quantitative estimate of drug-likeness (QED) is 0.523. The Morgan fingerprint density at radius 1 is 1.17 bits per heavy atom. The third-order valence-electron chi connectivity index (χ3n) is 6.61. The molecule has 2 aliphatic heterocycles. The number of hydrogen-bond acceptors (Lipinski definition) is 7. The van der Waals surface area contributed by atoms with Crippen molar-refractivity contribution in [2.45, 2.75) is 32.2 Å². The number of benzene rings is 1. The van der Waals surface area contributed by atoms with Crippen molar-refractivity contribution in [3.63, 3.8) is 0 Å². The molecule has 6 nitrogen and oxygen atoms in total. The van der Waals surface area contributed by atoms with Gasteiger partial charge in [0.15, 0.2) is 0 Å². The van der Waals surface area contributed by atoms with Crippen LogP contribution in [0.25, 0.3) is 11.9 Å². The lowest BCUT2D eigenvalue weighted by molar-refractivity contribution is 0.127. The molecule has 0 bridgehead atoms. The van der Waals surface area contributed by atoms with Gasteiger partial charge < -0.3 is 15.0 Å². The van der Waals surface area contributed by atoms with Crippen LogP contribution in [0.3, 0.4) is 0 Å². The van der Waals surface area contributed by atoms with Crippen LogP contribution in [0, 0.1) is 0 Å². The first-order valence-corrected chi connectivity index (χ1v) is 12.5. The molecule has 1 N–H and O–H groups in total. The minimum atomic E-state index is 0. The van der Waals surface area contributed by atoms with Crippen molar-refractivity contribution in [1.82, 2.24) is 19.8 Å². The van der Waals surface area contributed by atoms with E-state index in [9.17, 15) is 0 Å². The van der Waals surface area contributed by atoms with Gasteiger partial charge in [-0.05, 0) is 56.1 Å². The van der Waals surface area contributed by atoms with E-state index in [4.69, 9.17) is 14.7 Å². The highest BCUT2D eigenvalue weighted by Crippen LogP contribution is 2.33. The predicted octanol–water partition coefficient (Wildman–Crippen LogP) is 3.52. The highest BCUT2D eigenvalue weighted by molar-refractivity contribution is 7.16. The van der Waals surface area contributed by atoms with Gasteiger partial charge in [0.25, 0.3) is 0 Å². The first-order chi connectivity index (χ1) is 16.2. The molecule has 2 aliphatic rings. The summed E-state index contributed by atoms with van der Waals surface area (Å²) >= 11 is 1.75. The SMILES string of the molecule is CCc1nc2c(s1)NC=c1cccnc1=C2N1CCN(C)C(CCc2cccc(OC)c2)C1.Cl.Cl. The van der Waals surface area contributed by atoms with Crippen LogP contribution in [0.15, 0.2) is 42.6 Å². The molecule has 188 valence electrons. The summed E-state index contributed by atoms with van der Waals surface area (Å²) in [6, 6.07) is 13.0. The average molecular weight is 535 g/mol. The highest BCUT2D eigenvalue weighted by atomic mass is 35.5. The van der Waals surface area contributed by atoms with Gasteiger partial charge in [-0.1, -0.05) is 19.1 Å². The van der Waals surface area contributed by atoms with E-state index in [0.717, 1.165) is 76.6 Å². The van der Waals surface area contributed by atoms with Crippen molar-refractivity contribution < 1.29 is 4.74 Å². The Balaban J connectivity index is 0.00000171. The van der Waals surface area contributed by atoms with Crippen LogP contribution in [0.4, 0.5) is 5.00 Å². The minimum absolute atomic E-state index is 0. The number of nitrogens with one attached hydrogen (secondary N) is 1. The van der Waals surface area contributed by atoms with Crippen LogP contribution >= 0.6 is 36.2 Å². The number of anilines is 1. The Labute approximate surface area is 223 Å². The second-order valence-corrected chi connectivity index (χ2v) is 9.77. The number of hydrogen-bond donors (Lipinski definition) is 1. The summed E-state index contributed by atoms with van der Waals surface area (Å²) in [6.45, 7) is 5.12. The molecule has 0 saturated carbocycles. The molecular formula is C26H33Cl2N5OS. The second-order valence-electron chi connectivity index (χ2n) is 8.69. The van der Waals surface area contributed by atoms with Gasteiger partial charge in [-0.15, -0.1) is 36.2 Å². The lowest BCUT2D eigenvalue weighted by Gasteiger charge is -2.41. The summed E-state index contributed by atoms with van der Waals surface area (Å²) in [7, 11) is 3.97. The molecule has 9 heteroatoms. The maximum Gasteiger partial charge on any atom is 0.124 e. The maximum atomic E-state index is 5.41. The van der Waals surface area contributed by atoms with Crippen molar-refractivity contribution in [2.75, 3.05) is 39.1 Å². The van der Waals surface area contributed by atoms with Crippen molar-refractivity contribution in [2.24, 2.45) is 0 Å². The van der Waals surface area contributed by atoms with Crippen molar-refractivity contribution in [3.05, 3.63) is 69.4 Å². The normalized spacial score (nSPS) is 17.1. The number of likely N-dealkylation sites (N-methyl/N-ethyl adjacent to an activating group) is 1. The van der Waals surface area contributed by atoms with Crippen molar-refractivity contribution in [3.8, 4) is 5.75 Å². The zero-order valence-corrected chi connectivity index (χ0v) is 22.8. The smallest absolute Gasteiger partial charge is 0.124 e. The highest BCUT2D eigenvalue weighted by Gasteiger charge is 2.30. The molecule has 0 radical (unpaired) electrons. The van der Waals surface area contributed by atoms with Gasteiger partial charge in [0.1, 0.15) is 16.4 Å². The van der Waals surface area contributed by atoms with Crippen LogP contribution in [0.2, 0.25) is 0 Å². The molecule has 1 fully saturated rings. The fourth-order valence-electron chi connectivity index (χ4n) is 4.68.